The first-order chi connectivity index (χ1) is 12.0. The van der Waals surface area contributed by atoms with E-state index in [0.717, 1.165) is 5.56 Å². The van der Waals surface area contributed by atoms with Gasteiger partial charge in [-0.15, -0.1) is 0 Å². The minimum Gasteiger partial charge on any atom is -0.455 e. The minimum atomic E-state index is -0.651. The Morgan fingerprint density at radius 1 is 1.08 bits per heavy atom. The SMILES string of the molecule is CC(C)(C)OC(=O)NC(C)(C)c1cccc(Oc2cc(Cl)ccc2N)c1. The number of benzene rings is 2. The van der Waals surface area contributed by atoms with Gasteiger partial charge in [0.2, 0.25) is 0 Å². The summed E-state index contributed by atoms with van der Waals surface area (Å²) in [5.74, 6) is 1.07. The Morgan fingerprint density at radius 3 is 2.42 bits per heavy atom. The van der Waals surface area contributed by atoms with Crippen LogP contribution in [0.15, 0.2) is 42.5 Å². The van der Waals surface area contributed by atoms with Crippen LogP contribution in [-0.4, -0.2) is 11.7 Å². The van der Waals surface area contributed by atoms with Crippen molar-refractivity contribution in [2.75, 3.05) is 5.73 Å². The quantitative estimate of drug-likeness (QED) is 0.693. The lowest BCUT2D eigenvalue weighted by Gasteiger charge is -2.29. The Bertz CT molecular complexity index is 798. The standard InChI is InChI=1S/C20H25ClN2O3/c1-19(2,3)26-18(24)23-20(4,5)13-7-6-8-15(11-13)25-17-12-14(21)9-10-16(17)22/h6-12H,22H2,1-5H3,(H,23,24). The first kappa shape index (κ1) is 19.9. The molecule has 2 aromatic rings. The molecule has 0 fully saturated rings. The summed E-state index contributed by atoms with van der Waals surface area (Å²) in [5, 5.41) is 3.42. The molecule has 6 heteroatoms. The van der Waals surface area contributed by atoms with Crippen LogP contribution in [0.25, 0.3) is 0 Å². The average Bonchev–Trinajstić information content (AvgIpc) is 2.49. The zero-order valence-electron chi connectivity index (χ0n) is 15.7. The van der Waals surface area contributed by atoms with Crippen LogP contribution < -0.4 is 15.8 Å². The molecule has 0 aliphatic carbocycles. The van der Waals surface area contributed by atoms with Crippen LogP contribution in [0.2, 0.25) is 5.02 Å². The van der Waals surface area contributed by atoms with Gasteiger partial charge in [-0.05, 0) is 64.4 Å². The van der Waals surface area contributed by atoms with Gasteiger partial charge in [0.15, 0.2) is 5.75 Å². The van der Waals surface area contributed by atoms with Gasteiger partial charge in [0.05, 0.1) is 11.2 Å². The molecule has 0 spiro atoms. The third-order valence-corrected chi connectivity index (χ3v) is 3.81. The van der Waals surface area contributed by atoms with E-state index in [2.05, 4.69) is 5.32 Å². The second-order valence-corrected chi connectivity index (χ2v) is 8.00. The van der Waals surface area contributed by atoms with Crippen molar-refractivity contribution in [3.8, 4) is 11.5 Å². The van der Waals surface area contributed by atoms with Crippen molar-refractivity contribution >= 4 is 23.4 Å². The molecule has 1 amide bonds. The number of anilines is 1. The van der Waals surface area contributed by atoms with Crippen LogP contribution in [0, 0.1) is 0 Å². The van der Waals surface area contributed by atoms with Crippen molar-refractivity contribution < 1.29 is 14.3 Å². The van der Waals surface area contributed by atoms with E-state index in [4.69, 9.17) is 26.8 Å². The third kappa shape index (κ3) is 5.56. The van der Waals surface area contributed by atoms with Gasteiger partial charge in [-0.2, -0.15) is 0 Å². The zero-order valence-corrected chi connectivity index (χ0v) is 16.5. The number of carbonyl (C=O) groups excluding carboxylic acids is 1. The fourth-order valence-corrected chi connectivity index (χ4v) is 2.46. The molecule has 0 aromatic heterocycles. The molecule has 0 aliphatic rings. The number of amides is 1. The number of alkyl carbamates (subject to hydrolysis) is 1. The summed E-state index contributed by atoms with van der Waals surface area (Å²) in [4.78, 5) is 12.1. The molecular weight excluding hydrogens is 352 g/mol. The fourth-order valence-electron chi connectivity index (χ4n) is 2.30. The van der Waals surface area contributed by atoms with E-state index in [1.54, 1.807) is 18.2 Å². The normalized spacial score (nSPS) is 11.8. The highest BCUT2D eigenvalue weighted by molar-refractivity contribution is 6.30. The number of halogens is 1. The van der Waals surface area contributed by atoms with Gasteiger partial charge in [-0.1, -0.05) is 23.7 Å². The van der Waals surface area contributed by atoms with Crippen LogP contribution >= 0.6 is 11.6 Å². The lowest BCUT2D eigenvalue weighted by molar-refractivity contribution is 0.0470. The van der Waals surface area contributed by atoms with Gasteiger partial charge >= 0.3 is 6.09 Å². The van der Waals surface area contributed by atoms with Crippen LogP contribution in [-0.2, 0) is 10.3 Å². The van der Waals surface area contributed by atoms with Crippen LogP contribution in [0.4, 0.5) is 10.5 Å². The smallest absolute Gasteiger partial charge is 0.408 e. The molecule has 3 N–H and O–H groups in total. The average molecular weight is 377 g/mol. The number of rotatable bonds is 4. The lowest BCUT2D eigenvalue weighted by Crippen LogP contribution is -2.43. The molecule has 26 heavy (non-hydrogen) atoms. The highest BCUT2D eigenvalue weighted by atomic mass is 35.5. The van der Waals surface area contributed by atoms with Crippen molar-refractivity contribution in [2.45, 2.75) is 45.8 Å². The van der Waals surface area contributed by atoms with E-state index < -0.39 is 17.2 Å². The summed E-state index contributed by atoms with van der Waals surface area (Å²) in [6.45, 7) is 9.25. The minimum absolute atomic E-state index is 0.479. The van der Waals surface area contributed by atoms with Gasteiger partial charge in [0, 0.05) is 11.1 Å². The van der Waals surface area contributed by atoms with Gasteiger partial charge in [-0.3, -0.25) is 0 Å². The predicted octanol–water partition coefficient (Wildman–Crippen LogP) is 5.47. The molecule has 0 bridgehead atoms. The first-order valence-corrected chi connectivity index (χ1v) is 8.69. The molecule has 0 radical (unpaired) electrons. The van der Waals surface area contributed by atoms with E-state index in [0.29, 0.717) is 22.2 Å². The zero-order chi connectivity index (χ0) is 19.5. The highest BCUT2D eigenvalue weighted by Gasteiger charge is 2.26. The topological polar surface area (TPSA) is 73.6 Å². The number of nitrogens with two attached hydrogens (primary N) is 1. The van der Waals surface area contributed by atoms with Crippen molar-refractivity contribution in [2.24, 2.45) is 0 Å². The maximum Gasteiger partial charge on any atom is 0.408 e. The van der Waals surface area contributed by atoms with E-state index >= 15 is 0 Å². The molecule has 0 aliphatic heterocycles. The molecule has 0 saturated carbocycles. The summed E-state index contributed by atoms with van der Waals surface area (Å²) in [6.07, 6.45) is -0.479. The monoisotopic (exact) mass is 376 g/mol. The second-order valence-electron chi connectivity index (χ2n) is 7.56. The predicted molar refractivity (Wildman–Crippen MR) is 105 cm³/mol. The molecule has 0 heterocycles. The molecular formula is C20H25ClN2O3. The summed E-state index contributed by atoms with van der Waals surface area (Å²) < 4.78 is 11.2. The largest absolute Gasteiger partial charge is 0.455 e. The third-order valence-electron chi connectivity index (χ3n) is 3.57. The number of nitrogen functional groups attached to an aromatic ring is 1. The lowest BCUT2D eigenvalue weighted by atomic mass is 9.94. The van der Waals surface area contributed by atoms with E-state index in [1.165, 1.54) is 0 Å². The molecule has 140 valence electrons. The van der Waals surface area contributed by atoms with Crippen LogP contribution in [0.3, 0.4) is 0 Å². The Labute approximate surface area is 159 Å². The molecule has 2 aromatic carbocycles. The Balaban J connectivity index is 2.19. The van der Waals surface area contributed by atoms with Crippen molar-refractivity contribution in [1.82, 2.24) is 5.32 Å². The maximum atomic E-state index is 12.1. The van der Waals surface area contributed by atoms with Crippen molar-refractivity contribution in [3.05, 3.63) is 53.1 Å². The van der Waals surface area contributed by atoms with E-state index in [-0.39, 0.29) is 0 Å². The molecule has 5 nitrogen and oxygen atoms in total. The van der Waals surface area contributed by atoms with Crippen LogP contribution in [0.5, 0.6) is 11.5 Å². The number of carbonyl (C=O) groups is 1. The molecule has 0 atom stereocenters. The maximum absolute atomic E-state index is 12.1. The van der Waals surface area contributed by atoms with Crippen molar-refractivity contribution in [3.63, 3.8) is 0 Å². The summed E-state index contributed by atoms with van der Waals surface area (Å²) in [6, 6.07) is 12.5. The number of nitrogens with one attached hydrogen (secondary N) is 1. The molecule has 0 unspecified atom stereocenters. The number of hydrogen-bond acceptors (Lipinski definition) is 4. The van der Waals surface area contributed by atoms with E-state index in [1.807, 2.05) is 58.9 Å². The molecule has 2 rings (SSSR count). The Morgan fingerprint density at radius 2 is 1.77 bits per heavy atom. The Kier molecular flexibility index (Phi) is 5.71. The fraction of sp³-hybridized carbons (Fsp3) is 0.350. The molecule has 0 saturated heterocycles. The van der Waals surface area contributed by atoms with E-state index in [9.17, 15) is 4.79 Å². The van der Waals surface area contributed by atoms with Crippen LogP contribution in [0.1, 0.15) is 40.2 Å². The van der Waals surface area contributed by atoms with Gasteiger partial charge < -0.3 is 20.5 Å². The van der Waals surface area contributed by atoms with Crippen molar-refractivity contribution in [1.29, 1.82) is 0 Å². The second kappa shape index (κ2) is 7.46. The van der Waals surface area contributed by atoms with Gasteiger partial charge in [0.1, 0.15) is 11.4 Å². The summed E-state index contributed by atoms with van der Waals surface area (Å²) in [7, 11) is 0. The van der Waals surface area contributed by atoms with Gasteiger partial charge in [0.25, 0.3) is 0 Å². The summed E-state index contributed by atoms with van der Waals surface area (Å²) in [5.41, 5.74) is 6.07. The first-order valence-electron chi connectivity index (χ1n) is 8.31. The number of hydrogen-bond donors (Lipinski definition) is 2. The Hall–Kier alpha value is -2.40. The van der Waals surface area contributed by atoms with Gasteiger partial charge in [-0.25, -0.2) is 4.79 Å². The number of ether oxygens (including phenoxy) is 2. The highest BCUT2D eigenvalue weighted by Crippen LogP contribution is 2.32. The summed E-state index contributed by atoms with van der Waals surface area (Å²) >= 11 is 6.00.